The van der Waals surface area contributed by atoms with Crippen LogP contribution in [0.4, 0.5) is 5.69 Å². The first-order valence-electron chi connectivity index (χ1n) is 6.40. The number of unbranched alkanes of at least 4 members (excludes halogenated alkanes) is 3. The van der Waals surface area contributed by atoms with Crippen LogP contribution in [0, 0.1) is 0 Å². The van der Waals surface area contributed by atoms with Crippen molar-refractivity contribution in [3.05, 3.63) is 23.8 Å². The number of hydrogen-bond donors (Lipinski definition) is 3. The van der Waals surface area contributed by atoms with Gasteiger partial charge in [-0.2, -0.15) is 0 Å². The third-order valence-corrected chi connectivity index (χ3v) is 2.77. The van der Waals surface area contributed by atoms with Gasteiger partial charge in [0.1, 0.15) is 5.75 Å². The highest BCUT2D eigenvalue weighted by molar-refractivity contribution is 5.95. The minimum atomic E-state index is -1.10. The van der Waals surface area contributed by atoms with Crippen molar-refractivity contribution in [1.29, 1.82) is 0 Å². The Kier molecular flexibility index (Phi) is 5.85. The third-order valence-electron chi connectivity index (χ3n) is 2.77. The van der Waals surface area contributed by atoms with E-state index < -0.39 is 5.97 Å². The Morgan fingerprint density at radius 1 is 1.21 bits per heavy atom. The van der Waals surface area contributed by atoms with Crippen LogP contribution < -0.4 is 5.32 Å². The van der Waals surface area contributed by atoms with Gasteiger partial charge in [-0.15, -0.1) is 0 Å². The average Bonchev–Trinajstić information content (AvgIpc) is 2.37. The summed E-state index contributed by atoms with van der Waals surface area (Å²) in [5.74, 6) is -1.45. The zero-order valence-corrected chi connectivity index (χ0v) is 11.0. The van der Waals surface area contributed by atoms with Gasteiger partial charge < -0.3 is 15.5 Å². The molecule has 0 radical (unpaired) electrons. The van der Waals surface area contributed by atoms with Gasteiger partial charge in [-0.05, 0) is 24.6 Å². The van der Waals surface area contributed by atoms with Crippen LogP contribution in [-0.2, 0) is 4.79 Å². The van der Waals surface area contributed by atoms with Crippen LogP contribution in [0.5, 0.6) is 5.75 Å². The van der Waals surface area contributed by atoms with Crippen LogP contribution in [-0.4, -0.2) is 22.1 Å². The molecule has 0 aliphatic carbocycles. The summed E-state index contributed by atoms with van der Waals surface area (Å²) in [6, 6.07) is 3.80. The molecule has 1 aromatic carbocycles. The standard InChI is InChI=1S/C14H19NO4/c1-2-3-4-5-6-13(17)15-11-9-10(14(18)19)7-8-12(11)16/h7-9,16H,2-6H2,1H3,(H,15,17)(H,18,19). The lowest BCUT2D eigenvalue weighted by Gasteiger charge is -2.08. The second-order valence-corrected chi connectivity index (χ2v) is 4.40. The van der Waals surface area contributed by atoms with E-state index in [2.05, 4.69) is 12.2 Å². The van der Waals surface area contributed by atoms with Gasteiger partial charge in [-0.3, -0.25) is 4.79 Å². The van der Waals surface area contributed by atoms with Crippen molar-refractivity contribution < 1.29 is 19.8 Å². The SMILES string of the molecule is CCCCCCC(=O)Nc1cc(C(=O)O)ccc1O. The molecule has 1 amide bonds. The van der Waals surface area contributed by atoms with Gasteiger partial charge in [0.25, 0.3) is 0 Å². The molecule has 0 heterocycles. The number of carbonyl (C=O) groups is 2. The first-order chi connectivity index (χ1) is 9.04. The number of carbonyl (C=O) groups excluding carboxylic acids is 1. The lowest BCUT2D eigenvalue weighted by Crippen LogP contribution is -2.12. The number of aromatic carboxylic acids is 1. The number of hydrogen-bond acceptors (Lipinski definition) is 3. The number of carboxylic acid groups (broad SMARTS) is 1. The Labute approximate surface area is 112 Å². The number of phenolic OH excluding ortho intramolecular Hbond substituents is 1. The monoisotopic (exact) mass is 265 g/mol. The quantitative estimate of drug-likeness (QED) is 0.522. The minimum absolute atomic E-state index is 0.0269. The number of nitrogens with one attached hydrogen (secondary N) is 1. The molecule has 0 bridgehead atoms. The van der Waals surface area contributed by atoms with Crippen molar-refractivity contribution >= 4 is 17.6 Å². The van der Waals surface area contributed by atoms with E-state index >= 15 is 0 Å². The van der Waals surface area contributed by atoms with Crippen molar-refractivity contribution in [1.82, 2.24) is 0 Å². The van der Waals surface area contributed by atoms with Gasteiger partial charge in [-0.25, -0.2) is 4.79 Å². The Hall–Kier alpha value is -2.04. The van der Waals surface area contributed by atoms with Crippen molar-refractivity contribution in [2.24, 2.45) is 0 Å². The molecular formula is C14H19NO4. The predicted molar refractivity (Wildman–Crippen MR) is 72.5 cm³/mol. The van der Waals surface area contributed by atoms with Gasteiger partial charge in [0.05, 0.1) is 11.3 Å². The van der Waals surface area contributed by atoms with E-state index in [0.717, 1.165) is 25.7 Å². The van der Waals surface area contributed by atoms with Crippen molar-refractivity contribution in [3.63, 3.8) is 0 Å². The van der Waals surface area contributed by atoms with E-state index in [-0.39, 0.29) is 22.9 Å². The summed E-state index contributed by atoms with van der Waals surface area (Å²) >= 11 is 0. The van der Waals surface area contributed by atoms with Crippen LogP contribution >= 0.6 is 0 Å². The Balaban J connectivity index is 2.58. The van der Waals surface area contributed by atoms with Crippen LogP contribution in [0.2, 0.25) is 0 Å². The zero-order chi connectivity index (χ0) is 14.3. The van der Waals surface area contributed by atoms with E-state index in [1.165, 1.54) is 18.2 Å². The molecule has 0 saturated carbocycles. The van der Waals surface area contributed by atoms with Gasteiger partial charge >= 0.3 is 5.97 Å². The summed E-state index contributed by atoms with van der Waals surface area (Å²) < 4.78 is 0. The molecule has 19 heavy (non-hydrogen) atoms. The lowest BCUT2D eigenvalue weighted by molar-refractivity contribution is -0.116. The van der Waals surface area contributed by atoms with E-state index in [4.69, 9.17) is 5.11 Å². The van der Waals surface area contributed by atoms with Gasteiger partial charge in [0.15, 0.2) is 0 Å². The predicted octanol–water partition coefficient (Wildman–Crippen LogP) is 3.00. The molecule has 0 saturated heterocycles. The fourth-order valence-electron chi connectivity index (χ4n) is 1.69. The molecule has 0 fully saturated rings. The van der Waals surface area contributed by atoms with Crippen LogP contribution in [0.15, 0.2) is 18.2 Å². The number of amides is 1. The third kappa shape index (κ3) is 4.99. The number of phenols is 1. The van der Waals surface area contributed by atoms with E-state index in [1.807, 2.05) is 0 Å². The maximum absolute atomic E-state index is 11.6. The first-order valence-corrected chi connectivity index (χ1v) is 6.40. The molecule has 5 nitrogen and oxygen atoms in total. The number of benzene rings is 1. The maximum atomic E-state index is 11.6. The molecule has 0 aromatic heterocycles. The average molecular weight is 265 g/mol. The van der Waals surface area contributed by atoms with Gasteiger partial charge in [0.2, 0.25) is 5.91 Å². The first kappa shape index (κ1) is 15.0. The summed E-state index contributed by atoms with van der Waals surface area (Å²) in [5, 5.41) is 20.9. The molecule has 1 aromatic rings. The number of anilines is 1. The second kappa shape index (κ2) is 7.41. The second-order valence-electron chi connectivity index (χ2n) is 4.40. The summed E-state index contributed by atoms with van der Waals surface area (Å²) in [5.41, 5.74) is 0.166. The Bertz CT molecular complexity index is 457. The van der Waals surface area contributed by atoms with Crippen molar-refractivity contribution in [3.8, 4) is 5.75 Å². The van der Waals surface area contributed by atoms with Crippen LogP contribution in [0.1, 0.15) is 49.4 Å². The highest BCUT2D eigenvalue weighted by atomic mass is 16.4. The lowest BCUT2D eigenvalue weighted by atomic mass is 10.1. The summed E-state index contributed by atoms with van der Waals surface area (Å²) in [4.78, 5) is 22.4. The minimum Gasteiger partial charge on any atom is -0.506 e. The molecule has 0 unspecified atom stereocenters. The number of carboxylic acids is 1. The molecule has 5 heteroatoms. The summed E-state index contributed by atoms with van der Waals surface area (Å²) in [6.07, 6.45) is 4.34. The zero-order valence-electron chi connectivity index (χ0n) is 11.0. The highest BCUT2D eigenvalue weighted by Crippen LogP contribution is 2.24. The molecule has 3 N–H and O–H groups in total. The maximum Gasteiger partial charge on any atom is 0.335 e. The molecule has 1 rings (SSSR count). The van der Waals surface area contributed by atoms with Gasteiger partial charge in [0, 0.05) is 6.42 Å². The van der Waals surface area contributed by atoms with Crippen molar-refractivity contribution in [2.45, 2.75) is 39.0 Å². The molecule has 0 aliphatic heterocycles. The summed E-state index contributed by atoms with van der Waals surface area (Å²) in [7, 11) is 0. The van der Waals surface area contributed by atoms with Crippen LogP contribution in [0.3, 0.4) is 0 Å². The number of rotatable bonds is 7. The normalized spacial score (nSPS) is 10.2. The number of aromatic hydroxyl groups is 1. The van der Waals surface area contributed by atoms with E-state index in [0.29, 0.717) is 6.42 Å². The van der Waals surface area contributed by atoms with Crippen LogP contribution in [0.25, 0.3) is 0 Å². The Morgan fingerprint density at radius 2 is 1.95 bits per heavy atom. The highest BCUT2D eigenvalue weighted by Gasteiger charge is 2.10. The molecule has 0 atom stereocenters. The summed E-state index contributed by atoms with van der Waals surface area (Å²) in [6.45, 7) is 2.09. The Morgan fingerprint density at radius 3 is 2.58 bits per heavy atom. The van der Waals surface area contributed by atoms with E-state index in [9.17, 15) is 14.7 Å². The fourth-order valence-corrected chi connectivity index (χ4v) is 1.69. The topological polar surface area (TPSA) is 86.6 Å². The molecule has 0 spiro atoms. The van der Waals surface area contributed by atoms with Gasteiger partial charge in [-0.1, -0.05) is 26.2 Å². The molecule has 104 valence electrons. The molecular weight excluding hydrogens is 246 g/mol. The smallest absolute Gasteiger partial charge is 0.335 e. The van der Waals surface area contributed by atoms with E-state index in [1.54, 1.807) is 0 Å². The molecule has 0 aliphatic rings. The van der Waals surface area contributed by atoms with Crippen molar-refractivity contribution in [2.75, 3.05) is 5.32 Å². The fraction of sp³-hybridized carbons (Fsp3) is 0.429. The largest absolute Gasteiger partial charge is 0.506 e.